The molecule has 0 aliphatic carbocycles. The molecule has 0 aromatic heterocycles. The van der Waals surface area contributed by atoms with Gasteiger partial charge in [-0.1, -0.05) is 0 Å². The zero-order valence-corrected chi connectivity index (χ0v) is 7.43. The van der Waals surface area contributed by atoms with Crippen LogP contribution in [0.5, 0.6) is 0 Å². The van der Waals surface area contributed by atoms with Gasteiger partial charge >= 0.3 is 11.1 Å². The first-order valence-corrected chi connectivity index (χ1v) is 3.75. The molecule has 0 saturated heterocycles. The molecule has 0 radical (unpaired) electrons. The van der Waals surface area contributed by atoms with Crippen molar-refractivity contribution in [2.24, 2.45) is 0 Å². The maximum atomic E-state index is 10.8. The van der Waals surface area contributed by atoms with Crippen LogP contribution >= 0.6 is 12.6 Å². The van der Waals surface area contributed by atoms with Gasteiger partial charge in [0, 0.05) is 6.61 Å². The Morgan fingerprint density at radius 2 is 2.09 bits per heavy atom. The van der Waals surface area contributed by atoms with Gasteiger partial charge in [0.1, 0.15) is 0 Å². The van der Waals surface area contributed by atoms with E-state index >= 15 is 0 Å². The number of rotatable bonds is 4. The number of ether oxygens (including phenoxy) is 2. The third-order valence-corrected chi connectivity index (χ3v) is 1.20. The molecular weight excluding hydrogens is 168 g/mol. The number of hydrogen-bond donors (Lipinski definition) is 2. The minimum atomic E-state index is -2.11. The first kappa shape index (κ1) is 10.7. The van der Waals surface area contributed by atoms with Crippen LogP contribution in [0, 0.1) is 0 Å². The van der Waals surface area contributed by atoms with Crippen molar-refractivity contribution in [2.75, 3.05) is 13.2 Å². The van der Waals surface area contributed by atoms with Crippen LogP contribution < -0.4 is 0 Å². The monoisotopic (exact) mass is 180 g/mol. The molecule has 5 heteroatoms. The highest BCUT2D eigenvalue weighted by molar-refractivity contribution is 7.82. The first-order chi connectivity index (χ1) is 5.04. The zero-order chi connectivity index (χ0) is 8.91. The molecule has 0 aliphatic rings. The quantitative estimate of drug-likeness (QED) is 0.367. The van der Waals surface area contributed by atoms with Crippen LogP contribution in [0.3, 0.4) is 0 Å². The lowest BCUT2D eigenvalue weighted by molar-refractivity contribution is -0.191. The van der Waals surface area contributed by atoms with Crippen molar-refractivity contribution in [1.29, 1.82) is 0 Å². The van der Waals surface area contributed by atoms with Gasteiger partial charge < -0.3 is 14.6 Å². The van der Waals surface area contributed by atoms with E-state index in [2.05, 4.69) is 22.1 Å². The second-order valence-corrected chi connectivity index (χ2v) is 2.37. The van der Waals surface area contributed by atoms with Crippen LogP contribution in [0.25, 0.3) is 0 Å². The van der Waals surface area contributed by atoms with Gasteiger partial charge in [-0.15, -0.1) is 12.6 Å². The second kappa shape index (κ2) is 4.58. The molecule has 0 amide bonds. The summed E-state index contributed by atoms with van der Waals surface area (Å²) in [5.41, 5.74) is 0. The van der Waals surface area contributed by atoms with Crippen LogP contribution in [0.2, 0.25) is 0 Å². The zero-order valence-electron chi connectivity index (χ0n) is 6.53. The van der Waals surface area contributed by atoms with Crippen molar-refractivity contribution >= 4 is 18.6 Å². The summed E-state index contributed by atoms with van der Waals surface area (Å²) in [6.07, 6.45) is 0. The van der Waals surface area contributed by atoms with Crippen LogP contribution in [0.4, 0.5) is 0 Å². The third-order valence-electron chi connectivity index (χ3n) is 0.887. The number of hydrogen-bond acceptors (Lipinski definition) is 5. The lowest BCUT2D eigenvalue weighted by Gasteiger charge is -2.18. The Morgan fingerprint density at radius 1 is 1.55 bits per heavy atom. The normalized spacial score (nSPS) is 15.6. The highest BCUT2D eigenvalue weighted by atomic mass is 32.1. The van der Waals surface area contributed by atoms with Crippen molar-refractivity contribution in [1.82, 2.24) is 0 Å². The van der Waals surface area contributed by atoms with E-state index < -0.39 is 11.1 Å². The molecule has 0 bridgehead atoms. The molecule has 0 aromatic rings. The molecule has 4 nitrogen and oxygen atoms in total. The van der Waals surface area contributed by atoms with E-state index in [0.717, 1.165) is 0 Å². The molecule has 1 N–H and O–H groups in total. The highest BCUT2D eigenvalue weighted by Crippen LogP contribution is 2.13. The molecule has 11 heavy (non-hydrogen) atoms. The number of aliphatic hydroxyl groups is 1. The Balaban J connectivity index is 3.94. The van der Waals surface area contributed by atoms with Crippen LogP contribution in [0.15, 0.2) is 0 Å². The summed E-state index contributed by atoms with van der Waals surface area (Å²) in [6, 6.07) is 0. The lowest BCUT2D eigenvalue weighted by atomic mass is 10.6. The van der Waals surface area contributed by atoms with Crippen LogP contribution in [-0.2, 0) is 14.3 Å². The maximum absolute atomic E-state index is 10.8. The fraction of sp³-hybridized carbons (Fsp3) is 0.833. The molecule has 0 saturated carbocycles. The summed E-state index contributed by atoms with van der Waals surface area (Å²) in [4.78, 5) is 10.8. The van der Waals surface area contributed by atoms with Crippen molar-refractivity contribution in [3.05, 3.63) is 0 Å². The van der Waals surface area contributed by atoms with Gasteiger partial charge in [0.25, 0.3) is 0 Å². The predicted molar refractivity (Wildman–Crippen MR) is 42.2 cm³/mol. The smallest absolute Gasteiger partial charge is 0.378 e. The Labute approximate surface area is 70.9 Å². The van der Waals surface area contributed by atoms with Gasteiger partial charge in [0.15, 0.2) is 0 Å². The average Bonchev–Trinajstić information content (AvgIpc) is 1.88. The van der Waals surface area contributed by atoms with Gasteiger partial charge in [-0.2, -0.15) is 0 Å². The summed E-state index contributed by atoms with van der Waals surface area (Å²) in [6.45, 7) is 3.65. The van der Waals surface area contributed by atoms with E-state index in [1.54, 1.807) is 13.8 Å². The largest absolute Gasteiger partial charge is 0.461 e. The van der Waals surface area contributed by atoms with Crippen molar-refractivity contribution in [3.63, 3.8) is 0 Å². The molecule has 0 aromatic carbocycles. The molecule has 1 atom stereocenters. The van der Waals surface area contributed by atoms with E-state index in [1.165, 1.54) is 0 Å². The molecule has 0 aliphatic heterocycles. The molecule has 1 unspecified atom stereocenters. The number of thiol groups is 1. The van der Waals surface area contributed by atoms with E-state index in [4.69, 9.17) is 5.11 Å². The molecule has 0 rings (SSSR count). The summed E-state index contributed by atoms with van der Waals surface area (Å²) in [5.74, 6) is -0.884. The highest BCUT2D eigenvalue weighted by Gasteiger charge is 2.33. The van der Waals surface area contributed by atoms with Crippen LogP contribution in [0.1, 0.15) is 13.8 Å². The topological polar surface area (TPSA) is 55.8 Å². The van der Waals surface area contributed by atoms with Gasteiger partial charge in [0.05, 0.1) is 6.61 Å². The summed E-state index contributed by atoms with van der Waals surface area (Å²) in [7, 11) is 0. The lowest BCUT2D eigenvalue weighted by Crippen LogP contribution is -2.37. The Morgan fingerprint density at radius 3 is 2.45 bits per heavy atom. The van der Waals surface area contributed by atoms with E-state index in [1.807, 2.05) is 0 Å². The second-order valence-electron chi connectivity index (χ2n) is 1.76. The van der Waals surface area contributed by atoms with Gasteiger partial charge in [-0.25, -0.2) is 4.79 Å². The number of carbonyl (C=O) groups excluding carboxylic acids is 1. The third kappa shape index (κ3) is 3.60. The van der Waals surface area contributed by atoms with Gasteiger partial charge in [-0.05, 0) is 13.8 Å². The molecule has 0 heterocycles. The average molecular weight is 180 g/mol. The molecular formula is C6H12O4S. The van der Waals surface area contributed by atoms with Crippen molar-refractivity contribution < 1.29 is 19.4 Å². The minimum absolute atomic E-state index is 0.189. The standard InChI is InChI=1S/C6H12O4S/c1-3-9-5(7)6(8,11)10-4-2/h8,11H,3-4H2,1-2H3. The Kier molecular flexibility index (Phi) is 4.48. The van der Waals surface area contributed by atoms with Crippen molar-refractivity contribution in [2.45, 2.75) is 19.0 Å². The SMILES string of the molecule is CCOC(=O)C(O)(S)OCC. The first-order valence-electron chi connectivity index (χ1n) is 3.30. The van der Waals surface area contributed by atoms with Crippen LogP contribution in [-0.4, -0.2) is 29.4 Å². The summed E-state index contributed by atoms with van der Waals surface area (Å²) in [5, 5.41) is 6.98. The van der Waals surface area contributed by atoms with E-state index in [-0.39, 0.29) is 13.2 Å². The molecule has 0 fully saturated rings. The Hall–Kier alpha value is -0.260. The Bertz CT molecular complexity index is 135. The van der Waals surface area contributed by atoms with Gasteiger partial charge in [0.2, 0.25) is 0 Å². The fourth-order valence-corrected chi connectivity index (χ4v) is 0.679. The van der Waals surface area contributed by atoms with Gasteiger partial charge in [-0.3, -0.25) is 0 Å². The predicted octanol–water partition coefficient (Wildman–Crippen LogP) is 0.162. The molecule has 0 spiro atoms. The minimum Gasteiger partial charge on any atom is -0.461 e. The van der Waals surface area contributed by atoms with E-state index in [0.29, 0.717) is 0 Å². The number of esters is 1. The van der Waals surface area contributed by atoms with Crippen molar-refractivity contribution in [3.8, 4) is 0 Å². The molecule has 66 valence electrons. The summed E-state index contributed by atoms with van der Waals surface area (Å²) < 4.78 is 9.06. The maximum Gasteiger partial charge on any atom is 0.378 e. The number of carbonyl (C=O) groups is 1. The fourth-order valence-electron chi connectivity index (χ4n) is 0.485. The van der Waals surface area contributed by atoms with E-state index in [9.17, 15) is 4.79 Å². The summed E-state index contributed by atoms with van der Waals surface area (Å²) >= 11 is 3.55.